The van der Waals surface area contributed by atoms with E-state index in [9.17, 15) is 9.59 Å². The standard InChI is InChI=1S/C19H21N3O2/c1-14-5-7-17(8-6-14)22-13-15(12-18(22)23)19(24)21-11-9-16-4-2-3-10-20-16/h2-8,10,15H,9,11-13H2,1H3,(H,21,24)/t15-/m1/s1. The van der Waals surface area contributed by atoms with Gasteiger partial charge >= 0.3 is 0 Å². The van der Waals surface area contributed by atoms with Gasteiger partial charge in [-0.25, -0.2) is 0 Å². The van der Waals surface area contributed by atoms with Crippen LogP contribution in [0.15, 0.2) is 48.7 Å². The van der Waals surface area contributed by atoms with Gasteiger partial charge in [0.2, 0.25) is 11.8 Å². The zero-order valence-electron chi connectivity index (χ0n) is 13.7. The molecule has 124 valence electrons. The lowest BCUT2D eigenvalue weighted by atomic mass is 10.1. The molecular formula is C19H21N3O2. The summed E-state index contributed by atoms with van der Waals surface area (Å²) in [5.74, 6) is -0.347. The highest BCUT2D eigenvalue weighted by Gasteiger charge is 2.34. The van der Waals surface area contributed by atoms with Gasteiger partial charge in [0.15, 0.2) is 0 Å². The molecule has 1 aromatic carbocycles. The van der Waals surface area contributed by atoms with Crippen molar-refractivity contribution in [2.45, 2.75) is 19.8 Å². The first-order valence-electron chi connectivity index (χ1n) is 8.18. The molecule has 24 heavy (non-hydrogen) atoms. The van der Waals surface area contributed by atoms with Crippen molar-refractivity contribution in [3.05, 3.63) is 59.9 Å². The highest BCUT2D eigenvalue weighted by molar-refractivity contribution is 6.00. The Morgan fingerprint density at radius 2 is 2.04 bits per heavy atom. The molecular weight excluding hydrogens is 302 g/mol. The molecule has 5 nitrogen and oxygen atoms in total. The lowest BCUT2D eigenvalue weighted by molar-refractivity contribution is -0.126. The maximum absolute atomic E-state index is 12.3. The highest BCUT2D eigenvalue weighted by Crippen LogP contribution is 2.25. The number of nitrogens with zero attached hydrogens (tertiary/aromatic N) is 2. The lowest BCUT2D eigenvalue weighted by Gasteiger charge is -2.17. The van der Waals surface area contributed by atoms with E-state index in [1.165, 1.54) is 0 Å². The molecule has 0 spiro atoms. The molecule has 0 radical (unpaired) electrons. The van der Waals surface area contributed by atoms with Gasteiger partial charge in [-0.1, -0.05) is 23.8 Å². The van der Waals surface area contributed by atoms with Crippen LogP contribution < -0.4 is 10.2 Å². The fourth-order valence-corrected chi connectivity index (χ4v) is 2.86. The summed E-state index contributed by atoms with van der Waals surface area (Å²) in [6.07, 6.45) is 2.70. The van der Waals surface area contributed by atoms with Crippen molar-refractivity contribution in [2.75, 3.05) is 18.0 Å². The number of aryl methyl sites for hydroxylation is 1. The Morgan fingerprint density at radius 1 is 1.25 bits per heavy atom. The van der Waals surface area contributed by atoms with E-state index in [2.05, 4.69) is 10.3 Å². The third kappa shape index (κ3) is 3.79. The van der Waals surface area contributed by atoms with E-state index in [1.54, 1.807) is 11.1 Å². The number of pyridine rings is 1. The smallest absolute Gasteiger partial charge is 0.227 e. The van der Waals surface area contributed by atoms with Crippen LogP contribution in [0.5, 0.6) is 0 Å². The van der Waals surface area contributed by atoms with Crippen molar-refractivity contribution < 1.29 is 9.59 Å². The molecule has 0 saturated carbocycles. The van der Waals surface area contributed by atoms with Crippen molar-refractivity contribution >= 4 is 17.5 Å². The van der Waals surface area contributed by atoms with Crippen LogP contribution in [0.3, 0.4) is 0 Å². The summed E-state index contributed by atoms with van der Waals surface area (Å²) >= 11 is 0. The normalized spacial score (nSPS) is 17.1. The average Bonchev–Trinajstić information content (AvgIpc) is 2.98. The molecule has 0 bridgehead atoms. The first-order chi connectivity index (χ1) is 11.6. The van der Waals surface area contributed by atoms with E-state index in [0.717, 1.165) is 16.9 Å². The van der Waals surface area contributed by atoms with E-state index in [1.807, 2.05) is 49.4 Å². The predicted molar refractivity (Wildman–Crippen MR) is 92.6 cm³/mol. The Labute approximate surface area is 141 Å². The summed E-state index contributed by atoms with van der Waals surface area (Å²) in [5.41, 5.74) is 2.95. The highest BCUT2D eigenvalue weighted by atomic mass is 16.2. The van der Waals surface area contributed by atoms with Crippen LogP contribution >= 0.6 is 0 Å². The third-order valence-corrected chi connectivity index (χ3v) is 4.25. The fraction of sp³-hybridized carbons (Fsp3) is 0.316. The van der Waals surface area contributed by atoms with Crippen LogP contribution in [0.2, 0.25) is 0 Å². The van der Waals surface area contributed by atoms with Gasteiger partial charge in [-0.15, -0.1) is 0 Å². The molecule has 1 saturated heterocycles. The van der Waals surface area contributed by atoms with E-state index < -0.39 is 0 Å². The van der Waals surface area contributed by atoms with Gasteiger partial charge in [-0.05, 0) is 31.2 Å². The predicted octanol–water partition coefficient (Wildman–Crippen LogP) is 2.10. The van der Waals surface area contributed by atoms with Crippen molar-refractivity contribution in [3.63, 3.8) is 0 Å². The van der Waals surface area contributed by atoms with Crippen molar-refractivity contribution in [3.8, 4) is 0 Å². The molecule has 1 aromatic heterocycles. The fourth-order valence-electron chi connectivity index (χ4n) is 2.86. The van der Waals surface area contributed by atoms with Crippen LogP contribution in [0.4, 0.5) is 5.69 Å². The molecule has 1 fully saturated rings. The van der Waals surface area contributed by atoms with Crippen molar-refractivity contribution in [2.24, 2.45) is 5.92 Å². The van der Waals surface area contributed by atoms with Gasteiger partial charge in [0.1, 0.15) is 0 Å². The zero-order chi connectivity index (χ0) is 16.9. The van der Waals surface area contributed by atoms with Crippen LogP contribution in [0, 0.1) is 12.8 Å². The minimum Gasteiger partial charge on any atom is -0.355 e. The Morgan fingerprint density at radius 3 is 2.75 bits per heavy atom. The Balaban J connectivity index is 1.53. The van der Waals surface area contributed by atoms with Gasteiger partial charge in [-0.3, -0.25) is 14.6 Å². The number of benzene rings is 1. The number of amides is 2. The molecule has 5 heteroatoms. The number of anilines is 1. The van der Waals surface area contributed by atoms with Gasteiger partial charge in [-0.2, -0.15) is 0 Å². The zero-order valence-corrected chi connectivity index (χ0v) is 13.7. The summed E-state index contributed by atoms with van der Waals surface area (Å²) < 4.78 is 0. The summed E-state index contributed by atoms with van der Waals surface area (Å²) in [6.45, 7) is 2.98. The van der Waals surface area contributed by atoms with Crippen LogP contribution in [0.25, 0.3) is 0 Å². The Hall–Kier alpha value is -2.69. The number of carbonyl (C=O) groups is 2. The molecule has 2 amide bonds. The maximum atomic E-state index is 12.3. The number of rotatable bonds is 5. The average molecular weight is 323 g/mol. The number of nitrogens with one attached hydrogen (secondary N) is 1. The largest absolute Gasteiger partial charge is 0.355 e. The van der Waals surface area contributed by atoms with Crippen LogP contribution in [-0.2, 0) is 16.0 Å². The molecule has 1 aliphatic rings. The minimum atomic E-state index is -0.289. The Bertz CT molecular complexity index is 713. The Kier molecular flexibility index (Phi) is 4.89. The molecule has 0 unspecified atom stereocenters. The quantitative estimate of drug-likeness (QED) is 0.916. The SMILES string of the molecule is Cc1ccc(N2C[C@H](C(=O)NCCc3ccccn3)CC2=O)cc1. The first-order valence-corrected chi connectivity index (χ1v) is 8.18. The molecule has 3 rings (SSSR count). The minimum absolute atomic E-state index is 0.00345. The number of carbonyl (C=O) groups excluding carboxylic acids is 2. The molecule has 0 aliphatic carbocycles. The maximum Gasteiger partial charge on any atom is 0.227 e. The summed E-state index contributed by atoms with van der Waals surface area (Å²) in [5, 5.41) is 2.92. The monoisotopic (exact) mass is 323 g/mol. The van der Waals surface area contributed by atoms with E-state index in [-0.39, 0.29) is 24.2 Å². The number of aromatic nitrogens is 1. The van der Waals surface area contributed by atoms with Crippen LogP contribution in [-0.4, -0.2) is 29.9 Å². The van der Waals surface area contributed by atoms with Gasteiger partial charge in [0.25, 0.3) is 0 Å². The van der Waals surface area contributed by atoms with E-state index >= 15 is 0 Å². The molecule has 1 aliphatic heterocycles. The summed E-state index contributed by atoms with van der Waals surface area (Å²) in [7, 11) is 0. The van der Waals surface area contributed by atoms with Crippen molar-refractivity contribution in [1.82, 2.24) is 10.3 Å². The third-order valence-electron chi connectivity index (χ3n) is 4.25. The number of hydrogen-bond acceptors (Lipinski definition) is 3. The lowest BCUT2D eigenvalue weighted by Crippen LogP contribution is -2.34. The second-order valence-electron chi connectivity index (χ2n) is 6.10. The molecule has 2 aromatic rings. The van der Waals surface area contributed by atoms with Crippen molar-refractivity contribution in [1.29, 1.82) is 0 Å². The number of hydrogen-bond donors (Lipinski definition) is 1. The summed E-state index contributed by atoms with van der Waals surface area (Å²) in [6, 6.07) is 13.5. The van der Waals surface area contributed by atoms with Gasteiger partial charge in [0.05, 0.1) is 5.92 Å². The topological polar surface area (TPSA) is 62.3 Å². The van der Waals surface area contributed by atoms with Crippen LogP contribution in [0.1, 0.15) is 17.7 Å². The first kappa shape index (κ1) is 16.2. The second-order valence-corrected chi connectivity index (χ2v) is 6.10. The molecule has 1 N–H and O–H groups in total. The molecule has 2 heterocycles. The molecule has 1 atom stereocenters. The van der Waals surface area contributed by atoms with E-state index in [4.69, 9.17) is 0 Å². The van der Waals surface area contributed by atoms with E-state index in [0.29, 0.717) is 19.5 Å². The summed E-state index contributed by atoms with van der Waals surface area (Å²) in [4.78, 5) is 30.4. The second kappa shape index (κ2) is 7.25. The van der Waals surface area contributed by atoms with Gasteiger partial charge in [0, 0.05) is 43.5 Å². The van der Waals surface area contributed by atoms with Gasteiger partial charge < -0.3 is 10.2 Å².